The monoisotopic (exact) mass is 282 g/mol. The standard InChI is InChI=1S/C15H26N2O3/c1-2-20-15(19)12-17(13-6-7-13)11-8-14(18)16-9-4-3-5-10-16/h13H,2-12H2,1H3. The van der Waals surface area contributed by atoms with Crippen molar-refractivity contribution in [1.82, 2.24) is 9.80 Å². The molecule has 20 heavy (non-hydrogen) atoms. The maximum Gasteiger partial charge on any atom is 0.320 e. The van der Waals surface area contributed by atoms with E-state index in [1.807, 2.05) is 11.8 Å². The summed E-state index contributed by atoms with van der Waals surface area (Å²) < 4.78 is 5.00. The van der Waals surface area contributed by atoms with Crippen molar-refractivity contribution in [2.45, 2.75) is 51.5 Å². The minimum absolute atomic E-state index is 0.176. The van der Waals surface area contributed by atoms with Gasteiger partial charge in [0.1, 0.15) is 0 Å². The minimum Gasteiger partial charge on any atom is -0.465 e. The Bertz CT molecular complexity index is 336. The fourth-order valence-electron chi connectivity index (χ4n) is 2.74. The summed E-state index contributed by atoms with van der Waals surface area (Å²) in [6.45, 7) is 5.05. The number of amides is 1. The molecule has 1 saturated heterocycles. The number of rotatable bonds is 7. The van der Waals surface area contributed by atoms with Crippen molar-refractivity contribution < 1.29 is 14.3 Å². The second kappa shape index (κ2) is 7.62. The molecule has 1 heterocycles. The van der Waals surface area contributed by atoms with Gasteiger partial charge in [-0.25, -0.2) is 0 Å². The molecule has 2 fully saturated rings. The summed E-state index contributed by atoms with van der Waals surface area (Å²) in [5.41, 5.74) is 0. The lowest BCUT2D eigenvalue weighted by atomic mass is 10.1. The van der Waals surface area contributed by atoms with Crippen molar-refractivity contribution in [3.63, 3.8) is 0 Å². The second-order valence-corrected chi connectivity index (χ2v) is 5.70. The van der Waals surface area contributed by atoms with Gasteiger partial charge < -0.3 is 9.64 Å². The highest BCUT2D eigenvalue weighted by Crippen LogP contribution is 2.26. The third kappa shape index (κ3) is 4.78. The van der Waals surface area contributed by atoms with Crippen LogP contribution in [0.25, 0.3) is 0 Å². The molecule has 1 saturated carbocycles. The molecule has 0 bridgehead atoms. The Kier molecular flexibility index (Phi) is 5.83. The molecular weight excluding hydrogens is 256 g/mol. The summed E-state index contributed by atoms with van der Waals surface area (Å²) >= 11 is 0. The van der Waals surface area contributed by atoms with E-state index in [-0.39, 0.29) is 11.9 Å². The van der Waals surface area contributed by atoms with Gasteiger partial charge in [0.25, 0.3) is 0 Å². The molecule has 2 aliphatic rings. The molecule has 1 amide bonds. The smallest absolute Gasteiger partial charge is 0.320 e. The van der Waals surface area contributed by atoms with E-state index in [0.29, 0.717) is 32.2 Å². The van der Waals surface area contributed by atoms with Crippen molar-refractivity contribution in [3.8, 4) is 0 Å². The molecular formula is C15H26N2O3. The highest BCUT2D eigenvalue weighted by molar-refractivity contribution is 5.76. The van der Waals surface area contributed by atoms with E-state index in [1.54, 1.807) is 0 Å². The van der Waals surface area contributed by atoms with E-state index in [0.717, 1.165) is 38.8 Å². The van der Waals surface area contributed by atoms with Gasteiger partial charge in [0, 0.05) is 32.1 Å². The maximum atomic E-state index is 12.1. The lowest BCUT2D eigenvalue weighted by Gasteiger charge is -2.28. The first kappa shape index (κ1) is 15.3. The van der Waals surface area contributed by atoms with Crippen LogP contribution in [0, 0.1) is 0 Å². The third-order valence-electron chi connectivity index (χ3n) is 4.02. The summed E-state index contributed by atoms with van der Waals surface area (Å²) in [5.74, 6) is 0.0593. The first-order valence-electron chi connectivity index (χ1n) is 7.88. The fraction of sp³-hybridized carbons (Fsp3) is 0.867. The molecule has 1 aliphatic heterocycles. The van der Waals surface area contributed by atoms with Gasteiger partial charge in [0.2, 0.25) is 5.91 Å². The molecule has 5 nitrogen and oxygen atoms in total. The van der Waals surface area contributed by atoms with E-state index in [4.69, 9.17) is 4.74 Å². The number of ether oxygens (including phenoxy) is 1. The summed E-state index contributed by atoms with van der Waals surface area (Å²) in [6, 6.07) is 0.480. The zero-order valence-corrected chi connectivity index (χ0v) is 12.5. The van der Waals surface area contributed by atoms with Gasteiger partial charge in [-0.05, 0) is 39.0 Å². The number of esters is 1. The molecule has 114 valence electrons. The zero-order chi connectivity index (χ0) is 14.4. The summed E-state index contributed by atoms with van der Waals surface area (Å²) in [6.07, 6.45) is 6.28. The highest BCUT2D eigenvalue weighted by atomic mass is 16.5. The number of nitrogens with zero attached hydrogens (tertiary/aromatic N) is 2. The molecule has 0 spiro atoms. The van der Waals surface area contributed by atoms with Gasteiger partial charge in [-0.15, -0.1) is 0 Å². The Morgan fingerprint density at radius 2 is 1.90 bits per heavy atom. The summed E-state index contributed by atoms with van der Waals surface area (Å²) in [7, 11) is 0. The van der Waals surface area contributed by atoms with Crippen LogP contribution in [0.2, 0.25) is 0 Å². The van der Waals surface area contributed by atoms with Gasteiger partial charge in [-0.3, -0.25) is 14.5 Å². The van der Waals surface area contributed by atoms with Crippen LogP contribution in [-0.4, -0.2) is 60.5 Å². The van der Waals surface area contributed by atoms with Gasteiger partial charge in [0.15, 0.2) is 0 Å². The fourth-order valence-corrected chi connectivity index (χ4v) is 2.74. The lowest BCUT2D eigenvalue weighted by molar-refractivity contribution is -0.145. The molecule has 0 aromatic rings. The van der Waals surface area contributed by atoms with E-state index < -0.39 is 0 Å². The van der Waals surface area contributed by atoms with Crippen LogP contribution in [0.15, 0.2) is 0 Å². The molecule has 0 atom stereocenters. The van der Waals surface area contributed by atoms with Crippen molar-refractivity contribution in [3.05, 3.63) is 0 Å². The predicted molar refractivity (Wildman–Crippen MR) is 76.3 cm³/mol. The molecule has 1 aliphatic carbocycles. The quantitative estimate of drug-likeness (QED) is 0.663. The first-order chi connectivity index (χ1) is 9.70. The summed E-state index contributed by atoms with van der Waals surface area (Å²) in [4.78, 5) is 27.8. The third-order valence-corrected chi connectivity index (χ3v) is 4.02. The van der Waals surface area contributed by atoms with Crippen LogP contribution in [-0.2, 0) is 14.3 Å². The Morgan fingerprint density at radius 3 is 2.50 bits per heavy atom. The number of piperidine rings is 1. The van der Waals surface area contributed by atoms with Crippen LogP contribution >= 0.6 is 0 Å². The number of hydrogen-bond donors (Lipinski definition) is 0. The van der Waals surface area contributed by atoms with Crippen LogP contribution in [0.1, 0.15) is 45.4 Å². The largest absolute Gasteiger partial charge is 0.465 e. The topological polar surface area (TPSA) is 49.9 Å². The molecule has 0 aromatic heterocycles. The highest BCUT2D eigenvalue weighted by Gasteiger charge is 2.31. The van der Waals surface area contributed by atoms with Gasteiger partial charge >= 0.3 is 5.97 Å². The van der Waals surface area contributed by atoms with Crippen molar-refractivity contribution in [1.29, 1.82) is 0 Å². The van der Waals surface area contributed by atoms with E-state index in [2.05, 4.69) is 4.90 Å². The molecule has 5 heteroatoms. The Morgan fingerprint density at radius 1 is 1.20 bits per heavy atom. The Hall–Kier alpha value is -1.10. The molecule has 0 N–H and O–H groups in total. The number of hydrogen-bond acceptors (Lipinski definition) is 4. The molecule has 0 unspecified atom stereocenters. The first-order valence-corrected chi connectivity index (χ1v) is 7.88. The molecule has 0 radical (unpaired) electrons. The molecule has 2 rings (SSSR count). The van der Waals surface area contributed by atoms with E-state index in [9.17, 15) is 9.59 Å². The van der Waals surface area contributed by atoms with Crippen LogP contribution in [0.3, 0.4) is 0 Å². The van der Waals surface area contributed by atoms with Gasteiger partial charge in [-0.1, -0.05) is 0 Å². The van der Waals surface area contributed by atoms with Crippen molar-refractivity contribution >= 4 is 11.9 Å². The van der Waals surface area contributed by atoms with Gasteiger partial charge in [-0.2, -0.15) is 0 Å². The van der Waals surface area contributed by atoms with E-state index >= 15 is 0 Å². The van der Waals surface area contributed by atoms with Gasteiger partial charge in [0.05, 0.1) is 13.2 Å². The van der Waals surface area contributed by atoms with Crippen LogP contribution < -0.4 is 0 Å². The predicted octanol–water partition coefficient (Wildman–Crippen LogP) is 1.42. The van der Waals surface area contributed by atoms with E-state index in [1.165, 1.54) is 6.42 Å². The summed E-state index contributed by atoms with van der Waals surface area (Å²) in [5, 5.41) is 0. The minimum atomic E-state index is -0.176. The number of likely N-dealkylation sites (tertiary alicyclic amines) is 1. The normalized spacial score (nSPS) is 19.2. The average Bonchev–Trinajstić information content (AvgIpc) is 3.29. The molecule has 0 aromatic carbocycles. The van der Waals surface area contributed by atoms with Crippen LogP contribution in [0.4, 0.5) is 0 Å². The van der Waals surface area contributed by atoms with Crippen molar-refractivity contribution in [2.24, 2.45) is 0 Å². The van der Waals surface area contributed by atoms with Crippen molar-refractivity contribution in [2.75, 3.05) is 32.8 Å². The zero-order valence-electron chi connectivity index (χ0n) is 12.5. The SMILES string of the molecule is CCOC(=O)CN(CCC(=O)N1CCCCC1)C1CC1. The van der Waals surface area contributed by atoms with Crippen LogP contribution in [0.5, 0.6) is 0 Å². The Balaban J connectivity index is 1.73. The number of carbonyl (C=O) groups excluding carboxylic acids is 2. The number of carbonyl (C=O) groups is 2. The maximum absolute atomic E-state index is 12.1. The Labute approximate surface area is 121 Å². The lowest BCUT2D eigenvalue weighted by Crippen LogP contribution is -2.39. The average molecular weight is 282 g/mol. The second-order valence-electron chi connectivity index (χ2n) is 5.70.